The number of nitrogens with zero attached hydrogens (tertiary/aromatic N) is 2. The zero-order valence-corrected chi connectivity index (χ0v) is 13.2. The van der Waals surface area contributed by atoms with Crippen molar-refractivity contribution in [1.82, 2.24) is 9.80 Å². The number of carbonyl (C=O) groups excluding carboxylic acids is 2. The third-order valence-electron chi connectivity index (χ3n) is 3.58. The molecule has 0 aliphatic carbocycles. The molecular formula is C14H23ClN2O3. The number of likely N-dealkylation sites (tertiary alicyclic amines) is 2. The van der Waals surface area contributed by atoms with Gasteiger partial charge in [0.1, 0.15) is 5.60 Å². The van der Waals surface area contributed by atoms with Crippen LogP contribution in [0.25, 0.3) is 0 Å². The van der Waals surface area contributed by atoms with E-state index in [1.165, 1.54) is 0 Å². The molecule has 5 nitrogen and oxygen atoms in total. The van der Waals surface area contributed by atoms with Crippen LogP contribution in [0.3, 0.4) is 0 Å². The highest BCUT2D eigenvalue weighted by Crippen LogP contribution is 2.24. The first-order valence-corrected chi connectivity index (χ1v) is 7.58. The highest BCUT2D eigenvalue weighted by atomic mass is 35.5. The van der Waals surface area contributed by atoms with Crippen molar-refractivity contribution in [3.05, 3.63) is 0 Å². The fourth-order valence-electron chi connectivity index (χ4n) is 2.51. The summed E-state index contributed by atoms with van der Waals surface area (Å²) in [7, 11) is 0. The van der Waals surface area contributed by atoms with Gasteiger partial charge in [-0.3, -0.25) is 4.79 Å². The Hall–Kier alpha value is -0.970. The highest BCUT2D eigenvalue weighted by molar-refractivity contribution is 6.22. The highest BCUT2D eigenvalue weighted by Gasteiger charge is 2.35. The summed E-state index contributed by atoms with van der Waals surface area (Å²) in [6, 6.07) is 0. The first-order valence-electron chi connectivity index (χ1n) is 7.14. The van der Waals surface area contributed by atoms with Gasteiger partial charge >= 0.3 is 6.09 Å². The summed E-state index contributed by atoms with van der Waals surface area (Å²) < 4.78 is 5.30. The van der Waals surface area contributed by atoms with E-state index in [0.717, 1.165) is 26.1 Å². The molecule has 0 saturated carbocycles. The van der Waals surface area contributed by atoms with E-state index < -0.39 is 5.60 Å². The van der Waals surface area contributed by atoms with E-state index in [0.29, 0.717) is 18.9 Å². The van der Waals surface area contributed by atoms with Crippen molar-refractivity contribution in [2.45, 2.75) is 44.6 Å². The molecule has 0 N–H and O–H groups in total. The maximum atomic E-state index is 11.8. The van der Waals surface area contributed by atoms with E-state index in [9.17, 15) is 9.59 Å². The number of halogens is 1. The van der Waals surface area contributed by atoms with Crippen LogP contribution in [-0.4, -0.2) is 59.0 Å². The normalized spacial score (nSPS) is 24.0. The zero-order valence-electron chi connectivity index (χ0n) is 12.4. The molecule has 2 saturated heterocycles. The largest absolute Gasteiger partial charge is 0.444 e. The summed E-state index contributed by atoms with van der Waals surface area (Å²) >= 11 is 5.96. The molecule has 2 aliphatic heterocycles. The van der Waals surface area contributed by atoms with Gasteiger partial charge in [0.05, 0.1) is 5.38 Å². The van der Waals surface area contributed by atoms with Crippen LogP contribution in [0.4, 0.5) is 4.79 Å². The summed E-state index contributed by atoms with van der Waals surface area (Å²) in [5.74, 6) is 0.609. The van der Waals surface area contributed by atoms with Crippen LogP contribution in [0.5, 0.6) is 0 Å². The number of hydrogen-bond acceptors (Lipinski definition) is 3. The van der Waals surface area contributed by atoms with Crippen LogP contribution >= 0.6 is 11.6 Å². The topological polar surface area (TPSA) is 49.9 Å². The molecule has 2 aliphatic rings. The van der Waals surface area contributed by atoms with Crippen molar-refractivity contribution in [3.63, 3.8) is 0 Å². The Balaban J connectivity index is 1.65. The molecular weight excluding hydrogens is 280 g/mol. The summed E-state index contributed by atoms with van der Waals surface area (Å²) in [4.78, 5) is 26.9. The Morgan fingerprint density at radius 1 is 1.35 bits per heavy atom. The van der Waals surface area contributed by atoms with Gasteiger partial charge < -0.3 is 14.5 Å². The molecule has 2 amide bonds. The average Bonchev–Trinajstić information content (AvgIpc) is 2.52. The van der Waals surface area contributed by atoms with E-state index in [4.69, 9.17) is 16.3 Å². The number of hydrogen-bond donors (Lipinski definition) is 0. The second-order valence-corrected chi connectivity index (χ2v) is 7.30. The standard InChI is InChI=1S/C14H23ClN2O3/c1-14(2,3)20-13(19)17-7-10(8-17)4-5-16-9-11(15)6-12(16)18/h10-11H,4-9H2,1-3H3. The predicted octanol–water partition coefficient (Wildman–Crippen LogP) is 2.08. The molecule has 0 aromatic rings. The smallest absolute Gasteiger partial charge is 0.410 e. The molecule has 0 aromatic carbocycles. The van der Waals surface area contributed by atoms with Crippen LogP contribution in [-0.2, 0) is 9.53 Å². The number of ether oxygens (including phenoxy) is 1. The second kappa shape index (κ2) is 5.80. The lowest BCUT2D eigenvalue weighted by atomic mass is 9.97. The molecule has 1 unspecified atom stereocenters. The van der Waals surface area contributed by atoms with Gasteiger partial charge in [0.15, 0.2) is 0 Å². The maximum Gasteiger partial charge on any atom is 0.410 e. The SMILES string of the molecule is CC(C)(C)OC(=O)N1CC(CCN2CC(Cl)CC2=O)C1. The molecule has 0 aromatic heterocycles. The summed E-state index contributed by atoms with van der Waals surface area (Å²) in [5, 5.41) is -0.0397. The fourth-order valence-corrected chi connectivity index (χ4v) is 2.81. The van der Waals surface area contributed by atoms with Gasteiger partial charge in [-0.25, -0.2) is 4.79 Å². The van der Waals surface area contributed by atoms with E-state index >= 15 is 0 Å². The van der Waals surface area contributed by atoms with Crippen LogP contribution in [0.15, 0.2) is 0 Å². The number of alkyl halides is 1. The van der Waals surface area contributed by atoms with Gasteiger partial charge in [0.25, 0.3) is 0 Å². The maximum absolute atomic E-state index is 11.8. The lowest BCUT2D eigenvalue weighted by molar-refractivity contribution is -0.128. The Bertz CT molecular complexity index is 388. The van der Waals surface area contributed by atoms with Gasteiger partial charge in [-0.05, 0) is 33.1 Å². The van der Waals surface area contributed by atoms with Crippen LogP contribution in [0.1, 0.15) is 33.6 Å². The summed E-state index contributed by atoms with van der Waals surface area (Å²) in [6.07, 6.45) is 1.14. The quantitative estimate of drug-likeness (QED) is 0.750. The van der Waals surface area contributed by atoms with Crippen molar-refractivity contribution in [1.29, 1.82) is 0 Å². The van der Waals surface area contributed by atoms with E-state index in [2.05, 4.69) is 0 Å². The van der Waals surface area contributed by atoms with Gasteiger partial charge in [-0.2, -0.15) is 0 Å². The van der Waals surface area contributed by atoms with Crippen molar-refractivity contribution < 1.29 is 14.3 Å². The Morgan fingerprint density at radius 3 is 2.50 bits per heavy atom. The third kappa shape index (κ3) is 4.01. The fraction of sp³-hybridized carbons (Fsp3) is 0.857. The summed E-state index contributed by atoms with van der Waals surface area (Å²) in [6.45, 7) is 8.44. The van der Waals surface area contributed by atoms with Gasteiger partial charge in [-0.15, -0.1) is 11.6 Å². The minimum absolute atomic E-state index is 0.0397. The molecule has 2 heterocycles. The molecule has 0 bridgehead atoms. The molecule has 0 radical (unpaired) electrons. The first kappa shape index (κ1) is 15.4. The van der Waals surface area contributed by atoms with E-state index in [-0.39, 0.29) is 17.4 Å². The molecule has 1 atom stereocenters. The Labute approximate surface area is 125 Å². The lowest BCUT2D eigenvalue weighted by Crippen LogP contribution is -2.52. The monoisotopic (exact) mass is 302 g/mol. The molecule has 2 fully saturated rings. The number of rotatable bonds is 3. The van der Waals surface area contributed by atoms with Crippen molar-refractivity contribution in [3.8, 4) is 0 Å². The Morgan fingerprint density at radius 2 is 2.00 bits per heavy atom. The predicted molar refractivity (Wildman–Crippen MR) is 76.8 cm³/mol. The van der Waals surface area contributed by atoms with Crippen molar-refractivity contribution in [2.24, 2.45) is 5.92 Å². The minimum Gasteiger partial charge on any atom is -0.444 e. The molecule has 6 heteroatoms. The molecule has 0 spiro atoms. The molecule has 2 rings (SSSR count). The van der Waals surface area contributed by atoms with Gasteiger partial charge in [0, 0.05) is 32.6 Å². The summed E-state index contributed by atoms with van der Waals surface area (Å²) in [5.41, 5.74) is -0.445. The average molecular weight is 303 g/mol. The second-order valence-electron chi connectivity index (χ2n) is 6.68. The minimum atomic E-state index is -0.445. The Kier molecular flexibility index (Phi) is 4.47. The number of carbonyl (C=O) groups is 2. The lowest BCUT2D eigenvalue weighted by Gasteiger charge is -2.40. The van der Waals surface area contributed by atoms with Gasteiger partial charge in [0.2, 0.25) is 5.91 Å². The number of amides is 2. The van der Waals surface area contributed by atoms with E-state index in [1.807, 2.05) is 25.7 Å². The van der Waals surface area contributed by atoms with Crippen LogP contribution in [0, 0.1) is 5.92 Å². The first-order chi connectivity index (χ1) is 9.24. The molecule has 20 heavy (non-hydrogen) atoms. The molecule has 114 valence electrons. The van der Waals surface area contributed by atoms with Crippen molar-refractivity contribution >= 4 is 23.6 Å². The van der Waals surface area contributed by atoms with Crippen molar-refractivity contribution in [2.75, 3.05) is 26.2 Å². The van der Waals surface area contributed by atoms with E-state index in [1.54, 1.807) is 4.90 Å². The van der Waals surface area contributed by atoms with Crippen LogP contribution in [0.2, 0.25) is 0 Å². The van der Waals surface area contributed by atoms with Crippen LogP contribution < -0.4 is 0 Å². The van der Waals surface area contributed by atoms with Gasteiger partial charge in [-0.1, -0.05) is 0 Å². The third-order valence-corrected chi connectivity index (χ3v) is 3.88. The zero-order chi connectivity index (χ0) is 14.9.